The Labute approximate surface area is 110 Å². The van der Waals surface area contributed by atoms with E-state index in [2.05, 4.69) is 38.9 Å². The lowest BCUT2D eigenvalue weighted by atomic mass is 9.86. The van der Waals surface area contributed by atoms with Crippen molar-refractivity contribution in [2.45, 2.75) is 59.0 Å². The summed E-state index contributed by atoms with van der Waals surface area (Å²) in [4.78, 5) is 0. The number of hydrogen-bond acceptors (Lipinski definition) is 2. The van der Waals surface area contributed by atoms with Crippen molar-refractivity contribution in [3.05, 3.63) is 17.5 Å². The Kier molecular flexibility index (Phi) is 3.30. The third kappa shape index (κ3) is 2.46. The first-order chi connectivity index (χ1) is 8.26. The molecule has 1 saturated carbocycles. The highest BCUT2D eigenvalue weighted by molar-refractivity contribution is 5.15. The maximum absolute atomic E-state index is 10.9. The predicted octanol–water partition coefficient (Wildman–Crippen LogP) is 2.71. The van der Waals surface area contributed by atoms with Crippen LogP contribution in [0, 0.1) is 11.3 Å². The molecule has 3 heteroatoms. The minimum Gasteiger partial charge on any atom is -0.389 e. The van der Waals surface area contributed by atoms with Gasteiger partial charge in [-0.05, 0) is 36.7 Å². The molecule has 0 amide bonds. The van der Waals surface area contributed by atoms with Crippen molar-refractivity contribution in [2.75, 3.05) is 0 Å². The van der Waals surface area contributed by atoms with Gasteiger partial charge >= 0.3 is 0 Å². The van der Waals surface area contributed by atoms with E-state index >= 15 is 0 Å². The molecule has 1 N–H and O–H groups in total. The van der Waals surface area contributed by atoms with E-state index in [0.717, 1.165) is 37.1 Å². The van der Waals surface area contributed by atoms with Gasteiger partial charge in [0, 0.05) is 19.2 Å². The molecule has 102 valence electrons. The molecule has 0 radical (unpaired) electrons. The maximum atomic E-state index is 10.9. The fraction of sp³-hybridized carbons (Fsp3) is 0.800. The smallest absolute Gasteiger partial charge is 0.0733 e. The Morgan fingerprint density at radius 2 is 2.17 bits per heavy atom. The molecule has 0 aliphatic heterocycles. The summed E-state index contributed by atoms with van der Waals surface area (Å²) < 4.78 is 1.93. The van der Waals surface area contributed by atoms with Crippen LogP contribution in [0.5, 0.6) is 0 Å². The van der Waals surface area contributed by atoms with Gasteiger partial charge in [-0.2, -0.15) is 5.10 Å². The highest BCUT2D eigenvalue weighted by atomic mass is 16.3. The lowest BCUT2D eigenvalue weighted by Crippen LogP contribution is -2.35. The van der Waals surface area contributed by atoms with Crippen LogP contribution in [0.2, 0.25) is 0 Å². The Hall–Kier alpha value is -0.830. The summed E-state index contributed by atoms with van der Waals surface area (Å²) in [5, 5.41) is 15.4. The van der Waals surface area contributed by atoms with E-state index in [1.807, 2.05) is 11.7 Å². The van der Waals surface area contributed by atoms with Gasteiger partial charge < -0.3 is 5.11 Å². The summed E-state index contributed by atoms with van der Waals surface area (Å²) in [5.74, 6) is 0.354. The number of rotatable bonds is 3. The summed E-state index contributed by atoms with van der Waals surface area (Å²) in [6.45, 7) is 8.79. The van der Waals surface area contributed by atoms with Gasteiger partial charge in [-0.15, -0.1) is 0 Å². The monoisotopic (exact) mass is 250 g/mol. The molecule has 3 nitrogen and oxygen atoms in total. The zero-order valence-electron chi connectivity index (χ0n) is 12.3. The molecule has 1 aliphatic carbocycles. The van der Waals surface area contributed by atoms with Crippen molar-refractivity contribution in [1.82, 2.24) is 9.78 Å². The lowest BCUT2D eigenvalue weighted by Gasteiger charge is -2.28. The van der Waals surface area contributed by atoms with Crippen LogP contribution < -0.4 is 0 Å². The van der Waals surface area contributed by atoms with Crippen molar-refractivity contribution >= 4 is 0 Å². The molecule has 2 unspecified atom stereocenters. The van der Waals surface area contributed by atoms with E-state index in [4.69, 9.17) is 0 Å². The molecule has 1 aromatic rings. The van der Waals surface area contributed by atoms with Crippen LogP contribution in [0.3, 0.4) is 0 Å². The van der Waals surface area contributed by atoms with Crippen LogP contribution in [0.4, 0.5) is 0 Å². The van der Waals surface area contributed by atoms with E-state index in [1.165, 1.54) is 0 Å². The zero-order chi connectivity index (χ0) is 13.6. The summed E-state index contributed by atoms with van der Waals surface area (Å²) in [5.41, 5.74) is 1.95. The molecule has 1 aromatic heterocycles. The molecule has 18 heavy (non-hydrogen) atoms. The fourth-order valence-corrected chi connectivity index (χ4v) is 3.55. The number of aryl methyl sites for hydroxylation is 2. The van der Waals surface area contributed by atoms with E-state index in [9.17, 15) is 5.11 Å². The summed E-state index contributed by atoms with van der Waals surface area (Å²) in [6.07, 6.45) is 3.66. The second-order valence-electron chi connectivity index (χ2n) is 6.83. The zero-order valence-corrected chi connectivity index (χ0v) is 12.3. The normalized spacial score (nSPS) is 30.9. The van der Waals surface area contributed by atoms with Gasteiger partial charge in [0.1, 0.15) is 0 Å². The van der Waals surface area contributed by atoms with E-state index in [-0.39, 0.29) is 5.41 Å². The van der Waals surface area contributed by atoms with Gasteiger partial charge in [0.2, 0.25) is 0 Å². The quantitative estimate of drug-likeness (QED) is 0.895. The first-order valence-electron chi connectivity index (χ1n) is 7.00. The highest BCUT2D eigenvalue weighted by Gasteiger charge is 2.47. The van der Waals surface area contributed by atoms with Crippen molar-refractivity contribution in [3.63, 3.8) is 0 Å². The SMILES string of the molecule is CCc1cc(CC2(O)CC(C)(C)CC2C)n(C)n1. The minimum absolute atomic E-state index is 0.250. The van der Waals surface area contributed by atoms with Gasteiger partial charge in [-0.3, -0.25) is 4.68 Å². The molecule has 1 fully saturated rings. The molecule has 0 bridgehead atoms. The highest BCUT2D eigenvalue weighted by Crippen LogP contribution is 2.48. The fourth-order valence-electron chi connectivity index (χ4n) is 3.55. The van der Waals surface area contributed by atoms with Crippen molar-refractivity contribution < 1.29 is 5.11 Å². The molecule has 0 aromatic carbocycles. The van der Waals surface area contributed by atoms with Gasteiger partial charge in [-0.25, -0.2) is 0 Å². The molecular formula is C15H26N2O. The summed E-state index contributed by atoms with van der Waals surface area (Å²) in [7, 11) is 1.97. The molecule has 2 atom stereocenters. The third-order valence-corrected chi connectivity index (χ3v) is 4.44. The van der Waals surface area contributed by atoms with E-state index in [1.54, 1.807) is 0 Å². The number of nitrogens with zero attached hydrogens (tertiary/aromatic N) is 2. The Balaban J connectivity index is 2.20. The van der Waals surface area contributed by atoms with Crippen LogP contribution in [-0.4, -0.2) is 20.5 Å². The Bertz CT molecular complexity index is 436. The molecule has 1 aliphatic rings. The molecule has 2 rings (SSSR count). The van der Waals surface area contributed by atoms with Crippen LogP contribution in [-0.2, 0) is 19.9 Å². The molecular weight excluding hydrogens is 224 g/mol. The van der Waals surface area contributed by atoms with E-state index in [0.29, 0.717) is 5.92 Å². The minimum atomic E-state index is -0.567. The number of hydrogen-bond donors (Lipinski definition) is 1. The molecule has 0 saturated heterocycles. The second-order valence-corrected chi connectivity index (χ2v) is 6.83. The van der Waals surface area contributed by atoms with Crippen LogP contribution in [0.15, 0.2) is 6.07 Å². The Morgan fingerprint density at radius 3 is 2.61 bits per heavy atom. The van der Waals surface area contributed by atoms with Crippen molar-refractivity contribution in [1.29, 1.82) is 0 Å². The topological polar surface area (TPSA) is 38.0 Å². The average Bonchev–Trinajstić information content (AvgIpc) is 2.66. The first-order valence-corrected chi connectivity index (χ1v) is 7.00. The molecule has 1 heterocycles. The van der Waals surface area contributed by atoms with Gasteiger partial charge in [0.05, 0.1) is 11.3 Å². The average molecular weight is 250 g/mol. The standard InChI is InChI=1S/C15H26N2O/c1-6-12-7-13(17(5)16-12)9-15(18)10-14(3,4)8-11(15)2/h7,11,18H,6,8-10H2,1-5H3. The largest absolute Gasteiger partial charge is 0.389 e. The van der Waals surface area contributed by atoms with Crippen LogP contribution in [0.25, 0.3) is 0 Å². The number of aliphatic hydroxyl groups is 1. The first kappa shape index (κ1) is 13.6. The third-order valence-electron chi connectivity index (χ3n) is 4.44. The van der Waals surface area contributed by atoms with Crippen LogP contribution in [0.1, 0.15) is 51.9 Å². The van der Waals surface area contributed by atoms with Crippen molar-refractivity contribution in [3.8, 4) is 0 Å². The van der Waals surface area contributed by atoms with Gasteiger partial charge in [-0.1, -0.05) is 27.7 Å². The lowest BCUT2D eigenvalue weighted by molar-refractivity contribution is 0.00284. The predicted molar refractivity (Wildman–Crippen MR) is 73.4 cm³/mol. The Morgan fingerprint density at radius 1 is 1.50 bits per heavy atom. The summed E-state index contributed by atoms with van der Waals surface area (Å²) >= 11 is 0. The van der Waals surface area contributed by atoms with Gasteiger partial charge in [0.25, 0.3) is 0 Å². The summed E-state index contributed by atoms with van der Waals surface area (Å²) in [6, 6.07) is 2.13. The van der Waals surface area contributed by atoms with E-state index < -0.39 is 5.60 Å². The maximum Gasteiger partial charge on any atom is 0.0733 e. The second kappa shape index (κ2) is 4.37. The van der Waals surface area contributed by atoms with Crippen molar-refractivity contribution in [2.24, 2.45) is 18.4 Å². The molecule has 0 spiro atoms. The van der Waals surface area contributed by atoms with Crippen LogP contribution >= 0.6 is 0 Å². The van der Waals surface area contributed by atoms with Gasteiger partial charge in [0.15, 0.2) is 0 Å². The number of aromatic nitrogens is 2.